The molecule has 0 saturated heterocycles. The number of nitrogens with two attached hydrogens (primary N) is 6. The average molecular weight is 696 g/mol. The first-order valence-electron chi connectivity index (χ1n) is 16.8. The molecule has 0 spiro atoms. The van der Waals surface area contributed by atoms with Crippen LogP contribution in [0.15, 0.2) is 17.5 Å². The summed E-state index contributed by atoms with van der Waals surface area (Å²) in [5.41, 5.74) is 34.2. The van der Waals surface area contributed by atoms with E-state index in [4.69, 9.17) is 34.4 Å². The van der Waals surface area contributed by atoms with Gasteiger partial charge in [-0.05, 0) is 83.8 Å². The summed E-state index contributed by atoms with van der Waals surface area (Å²) < 4.78 is 0. The molecular weight excluding hydrogens is 638 g/mol. The summed E-state index contributed by atoms with van der Waals surface area (Å²) in [5, 5.41) is 20.3. The number of carboxylic acids is 1. The molecule has 0 fully saturated rings. The van der Waals surface area contributed by atoms with Crippen LogP contribution >= 0.6 is 0 Å². The molecule has 0 saturated carbocycles. The Kier molecular flexibility index (Phi) is 21.6. The molecule has 0 bridgehead atoms. The van der Waals surface area contributed by atoms with Gasteiger partial charge >= 0.3 is 5.97 Å². The number of rotatable bonds is 27. The summed E-state index contributed by atoms with van der Waals surface area (Å²) in [6.07, 6.45) is 7.33. The standard InChI is InChI=1S/C30H57N13O6/c31-12-4-1-8-20(34)25(44)40-23(11-7-15-38-30(35)36)27(46)41-21(9-2-5-13-32)26(45)42-22(10-3-6-14-33)28(47)43-24(29(48)49)16-19-17-37-18-39-19/h17-18,20-24H,1-16,31-34H2,(H,37,39)(H,40,44)(H,41,46)(H,42,45)(H,43,47)(H,48,49)(H4,35,36,38)/t20-,21-,22-,23-,24-/m0/s1. The molecule has 1 rings (SSSR count). The van der Waals surface area contributed by atoms with Gasteiger partial charge in [0, 0.05) is 24.9 Å². The molecule has 0 radical (unpaired) electrons. The zero-order valence-electron chi connectivity index (χ0n) is 28.2. The highest BCUT2D eigenvalue weighted by Gasteiger charge is 2.31. The third kappa shape index (κ3) is 18.1. The van der Waals surface area contributed by atoms with E-state index in [9.17, 15) is 29.1 Å². The average Bonchev–Trinajstić information content (AvgIpc) is 3.57. The van der Waals surface area contributed by atoms with Crippen LogP contribution in [-0.4, -0.2) is 107 Å². The molecule has 49 heavy (non-hydrogen) atoms. The van der Waals surface area contributed by atoms with Crippen LogP contribution in [-0.2, 0) is 30.4 Å². The van der Waals surface area contributed by atoms with Crippen LogP contribution in [0, 0.1) is 0 Å². The second-order valence-corrected chi connectivity index (χ2v) is 11.8. The SMILES string of the molecule is NCCCC[C@H](NC(=O)[C@H](CCCCN)NC(=O)[C@H](CCCN=C(N)N)NC(=O)[C@@H](N)CCCCN)C(=O)N[C@@H](Cc1cnc[nH]1)C(=O)O. The van der Waals surface area contributed by atoms with E-state index in [2.05, 4.69) is 36.2 Å². The molecular formula is C30H57N13O6. The quantitative estimate of drug-likeness (QED) is 0.0245. The number of hydrogen-bond acceptors (Lipinski definition) is 11. The van der Waals surface area contributed by atoms with E-state index in [0.29, 0.717) is 76.7 Å². The van der Waals surface area contributed by atoms with Crippen LogP contribution in [0.5, 0.6) is 0 Å². The molecule has 1 heterocycles. The number of imidazole rings is 1. The van der Waals surface area contributed by atoms with Crippen molar-refractivity contribution in [3.8, 4) is 0 Å². The van der Waals surface area contributed by atoms with Gasteiger partial charge in [0.05, 0.1) is 12.4 Å². The molecule has 5 atom stereocenters. The number of carboxylic acid groups (broad SMARTS) is 1. The van der Waals surface area contributed by atoms with E-state index in [1.807, 2.05) is 0 Å². The first-order chi connectivity index (χ1) is 23.4. The van der Waals surface area contributed by atoms with Gasteiger partial charge in [0.2, 0.25) is 23.6 Å². The Labute approximate surface area is 286 Å². The van der Waals surface area contributed by atoms with Gasteiger partial charge in [-0.25, -0.2) is 9.78 Å². The van der Waals surface area contributed by atoms with Gasteiger partial charge in [-0.3, -0.25) is 24.2 Å². The first-order valence-corrected chi connectivity index (χ1v) is 16.8. The summed E-state index contributed by atoms with van der Waals surface area (Å²) in [6, 6.07) is -5.49. The zero-order chi connectivity index (χ0) is 36.6. The van der Waals surface area contributed by atoms with Crippen molar-refractivity contribution in [3.63, 3.8) is 0 Å². The topological polar surface area (TPSA) is 351 Å². The van der Waals surface area contributed by atoms with E-state index in [0.717, 1.165) is 0 Å². The molecule has 0 aliphatic carbocycles. The lowest BCUT2D eigenvalue weighted by Crippen LogP contribution is -2.58. The molecule has 0 unspecified atom stereocenters. The van der Waals surface area contributed by atoms with E-state index >= 15 is 0 Å². The Morgan fingerprint density at radius 3 is 1.57 bits per heavy atom. The monoisotopic (exact) mass is 695 g/mol. The first kappa shape index (κ1) is 42.7. The number of unbranched alkanes of at least 4 members (excludes halogenated alkanes) is 3. The fourth-order valence-corrected chi connectivity index (χ4v) is 4.85. The predicted octanol–water partition coefficient (Wildman–Crippen LogP) is -3.26. The fraction of sp³-hybridized carbons (Fsp3) is 0.700. The largest absolute Gasteiger partial charge is 0.480 e. The van der Waals surface area contributed by atoms with Crippen molar-refractivity contribution < 1.29 is 29.1 Å². The molecule has 4 amide bonds. The number of aliphatic imine (C=N–C) groups is 1. The lowest BCUT2D eigenvalue weighted by molar-refractivity contribution is -0.142. The van der Waals surface area contributed by atoms with Crippen LogP contribution in [0.1, 0.15) is 76.3 Å². The lowest BCUT2D eigenvalue weighted by Gasteiger charge is -2.26. The van der Waals surface area contributed by atoms with Crippen molar-refractivity contribution in [1.82, 2.24) is 31.2 Å². The highest BCUT2D eigenvalue weighted by Crippen LogP contribution is 2.09. The van der Waals surface area contributed by atoms with Gasteiger partial charge in [-0.1, -0.05) is 6.42 Å². The Morgan fingerprint density at radius 1 is 0.694 bits per heavy atom. The van der Waals surface area contributed by atoms with Crippen LogP contribution < -0.4 is 55.7 Å². The maximum Gasteiger partial charge on any atom is 0.326 e. The van der Waals surface area contributed by atoms with Crippen LogP contribution in [0.4, 0.5) is 0 Å². The van der Waals surface area contributed by atoms with E-state index in [1.165, 1.54) is 12.5 Å². The van der Waals surface area contributed by atoms with Crippen LogP contribution in [0.25, 0.3) is 0 Å². The smallest absolute Gasteiger partial charge is 0.326 e. The van der Waals surface area contributed by atoms with E-state index in [-0.39, 0.29) is 38.2 Å². The van der Waals surface area contributed by atoms with Crippen molar-refractivity contribution in [2.45, 2.75) is 107 Å². The van der Waals surface area contributed by atoms with Gasteiger partial charge in [-0.2, -0.15) is 0 Å². The van der Waals surface area contributed by atoms with Gasteiger partial charge in [0.15, 0.2) is 5.96 Å². The predicted molar refractivity (Wildman–Crippen MR) is 184 cm³/mol. The molecule has 19 nitrogen and oxygen atoms in total. The number of nitrogens with one attached hydrogen (secondary N) is 5. The summed E-state index contributed by atoms with van der Waals surface area (Å²) >= 11 is 0. The number of carbonyl (C=O) groups excluding carboxylic acids is 4. The summed E-state index contributed by atoms with van der Waals surface area (Å²) in [7, 11) is 0. The molecule has 19 heteroatoms. The van der Waals surface area contributed by atoms with Crippen molar-refractivity contribution >= 4 is 35.6 Å². The fourth-order valence-electron chi connectivity index (χ4n) is 4.85. The second kappa shape index (κ2) is 24.8. The number of aromatic amines is 1. The normalized spacial score (nSPS) is 14.0. The van der Waals surface area contributed by atoms with Gasteiger partial charge < -0.3 is 65.8 Å². The third-order valence-corrected chi connectivity index (χ3v) is 7.64. The molecule has 1 aromatic heterocycles. The van der Waals surface area contributed by atoms with Gasteiger partial charge in [-0.15, -0.1) is 0 Å². The summed E-state index contributed by atoms with van der Waals surface area (Å²) in [5.74, 6) is -3.95. The minimum absolute atomic E-state index is 0.0602. The number of guanidine groups is 1. The minimum atomic E-state index is -1.30. The van der Waals surface area contributed by atoms with E-state index in [1.54, 1.807) is 0 Å². The van der Waals surface area contributed by atoms with Gasteiger partial charge in [0.1, 0.15) is 24.2 Å². The number of carbonyl (C=O) groups is 5. The molecule has 0 aliphatic heterocycles. The molecule has 0 aliphatic rings. The number of aliphatic carboxylic acids is 1. The number of amides is 4. The number of H-pyrrole nitrogens is 1. The summed E-state index contributed by atoms with van der Waals surface area (Å²) in [6.45, 7) is 1.36. The highest BCUT2D eigenvalue weighted by molar-refractivity contribution is 5.95. The summed E-state index contributed by atoms with van der Waals surface area (Å²) in [4.78, 5) is 76.1. The molecule has 0 aromatic carbocycles. The highest BCUT2D eigenvalue weighted by atomic mass is 16.4. The number of hydrogen-bond donors (Lipinski definition) is 12. The second-order valence-electron chi connectivity index (χ2n) is 11.8. The Hall–Kier alpha value is -4.33. The Morgan fingerprint density at radius 2 is 1.14 bits per heavy atom. The van der Waals surface area contributed by atoms with Gasteiger partial charge in [0.25, 0.3) is 0 Å². The molecule has 18 N–H and O–H groups in total. The molecule has 278 valence electrons. The maximum atomic E-state index is 13.7. The maximum absolute atomic E-state index is 13.7. The minimum Gasteiger partial charge on any atom is -0.480 e. The van der Waals surface area contributed by atoms with Crippen LogP contribution in [0.2, 0.25) is 0 Å². The third-order valence-electron chi connectivity index (χ3n) is 7.64. The Bertz CT molecular complexity index is 1160. The number of aromatic nitrogens is 2. The molecule has 1 aromatic rings. The van der Waals surface area contributed by atoms with E-state index < -0.39 is 59.8 Å². The van der Waals surface area contributed by atoms with Crippen molar-refractivity contribution in [2.24, 2.45) is 39.4 Å². The lowest BCUT2D eigenvalue weighted by atomic mass is 10.0. The zero-order valence-corrected chi connectivity index (χ0v) is 28.2. The van der Waals surface area contributed by atoms with Crippen LogP contribution in [0.3, 0.4) is 0 Å². The van der Waals surface area contributed by atoms with Crippen molar-refractivity contribution in [1.29, 1.82) is 0 Å². The Balaban J connectivity index is 3.17. The number of nitrogens with zero attached hydrogens (tertiary/aromatic N) is 2. The van der Waals surface area contributed by atoms with Crippen molar-refractivity contribution in [2.75, 3.05) is 26.2 Å². The van der Waals surface area contributed by atoms with Crippen molar-refractivity contribution in [3.05, 3.63) is 18.2 Å².